The number of hydrogen-bond acceptors (Lipinski definition) is 4. The Hall–Kier alpha value is -1.01. The zero-order valence-corrected chi connectivity index (χ0v) is 13.1. The summed E-state index contributed by atoms with van der Waals surface area (Å²) in [5.41, 5.74) is 0.574. The fraction of sp³-hybridized carbons (Fsp3) is 0.462. The Morgan fingerprint density at radius 2 is 2.10 bits per heavy atom. The van der Waals surface area contributed by atoms with Crippen LogP contribution in [0.2, 0.25) is 5.02 Å². The van der Waals surface area contributed by atoms with E-state index >= 15 is 0 Å². The molecule has 1 aromatic carbocycles. The fourth-order valence-electron chi connectivity index (χ4n) is 1.43. The number of carbonyl (C=O) groups excluding carboxylic acids is 1. The lowest BCUT2D eigenvalue weighted by atomic mass is 10.2. The third-order valence-electron chi connectivity index (χ3n) is 2.38. The molecular formula is C13H20Cl2N2O3. The van der Waals surface area contributed by atoms with Crippen molar-refractivity contribution in [2.45, 2.75) is 6.42 Å². The second-order valence-electron chi connectivity index (χ2n) is 3.86. The van der Waals surface area contributed by atoms with Crippen LogP contribution in [0.1, 0.15) is 6.42 Å². The van der Waals surface area contributed by atoms with Crippen LogP contribution in [-0.2, 0) is 9.53 Å². The molecule has 0 spiro atoms. The topological polar surface area (TPSA) is 59.6 Å². The number of nitrogens with one attached hydrogen (secondary N) is 2. The van der Waals surface area contributed by atoms with E-state index in [0.717, 1.165) is 0 Å². The number of carbonyl (C=O) groups is 1. The van der Waals surface area contributed by atoms with Gasteiger partial charge in [0.25, 0.3) is 0 Å². The van der Waals surface area contributed by atoms with Crippen molar-refractivity contribution in [3.05, 3.63) is 23.2 Å². The van der Waals surface area contributed by atoms with Crippen molar-refractivity contribution in [1.29, 1.82) is 0 Å². The summed E-state index contributed by atoms with van der Waals surface area (Å²) in [6.45, 7) is 1.45. The Kier molecular flexibility index (Phi) is 10.2. The second kappa shape index (κ2) is 10.7. The summed E-state index contributed by atoms with van der Waals surface area (Å²) >= 11 is 6.07. The first-order valence-electron chi connectivity index (χ1n) is 6.03. The van der Waals surface area contributed by atoms with Crippen LogP contribution in [0.15, 0.2) is 18.2 Å². The zero-order chi connectivity index (χ0) is 14.1. The van der Waals surface area contributed by atoms with Crippen LogP contribution < -0.4 is 15.4 Å². The molecular weight excluding hydrogens is 303 g/mol. The van der Waals surface area contributed by atoms with Gasteiger partial charge in [-0.25, -0.2) is 0 Å². The lowest BCUT2D eigenvalue weighted by molar-refractivity contribution is -0.116. The summed E-state index contributed by atoms with van der Waals surface area (Å²) in [5, 5.41) is 6.16. The molecule has 20 heavy (non-hydrogen) atoms. The predicted molar refractivity (Wildman–Crippen MR) is 83.2 cm³/mol. The van der Waals surface area contributed by atoms with Gasteiger partial charge >= 0.3 is 0 Å². The van der Waals surface area contributed by atoms with Gasteiger partial charge in [0.15, 0.2) is 5.75 Å². The summed E-state index contributed by atoms with van der Waals surface area (Å²) in [7, 11) is 3.39. The highest BCUT2D eigenvalue weighted by Gasteiger charge is 2.11. The molecule has 5 nitrogen and oxygen atoms in total. The first-order chi connectivity index (χ1) is 9.19. The van der Waals surface area contributed by atoms with E-state index in [9.17, 15) is 4.79 Å². The first-order valence-corrected chi connectivity index (χ1v) is 6.41. The SMILES string of the molecule is CNCCC(=O)Nc1cccc(Cl)c1OCCOC.Cl. The minimum atomic E-state index is -0.0896. The van der Waals surface area contributed by atoms with E-state index < -0.39 is 0 Å². The highest BCUT2D eigenvalue weighted by Crippen LogP contribution is 2.32. The zero-order valence-electron chi connectivity index (χ0n) is 11.6. The monoisotopic (exact) mass is 322 g/mol. The van der Waals surface area contributed by atoms with Gasteiger partial charge in [0.05, 0.1) is 17.3 Å². The van der Waals surface area contributed by atoms with E-state index in [2.05, 4.69) is 10.6 Å². The van der Waals surface area contributed by atoms with E-state index in [1.54, 1.807) is 32.4 Å². The largest absolute Gasteiger partial charge is 0.487 e. The molecule has 0 aliphatic heterocycles. The Bertz CT molecular complexity index is 417. The number of methoxy groups -OCH3 is 1. The minimum absolute atomic E-state index is 0. The summed E-state index contributed by atoms with van der Waals surface area (Å²) in [4.78, 5) is 11.7. The van der Waals surface area contributed by atoms with Gasteiger partial charge in [-0.3, -0.25) is 4.79 Å². The highest BCUT2D eigenvalue weighted by atomic mass is 35.5. The number of anilines is 1. The van der Waals surface area contributed by atoms with Crippen molar-refractivity contribution >= 4 is 35.6 Å². The van der Waals surface area contributed by atoms with E-state index in [4.69, 9.17) is 21.1 Å². The van der Waals surface area contributed by atoms with Gasteiger partial charge in [0.2, 0.25) is 5.91 Å². The van der Waals surface area contributed by atoms with E-state index in [-0.39, 0.29) is 18.3 Å². The number of amides is 1. The van der Waals surface area contributed by atoms with Gasteiger partial charge in [0.1, 0.15) is 6.61 Å². The lowest BCUT2D eigenvalue weighted by Crippen LogP contribution is -2.19. The van der Waals surface area contributed by atoms with Crippen molar-refractivity contribution < 1.29 is 14.3 Å². The smallest absolute Gasteiger partial charge is 0.225 e. The fourth-order valence-corrected chi connectivity index (χ4v) is 1.66. The number of halogens is 2. The van der Waals surface area contributed by atoms with Crippen LogP contribution in [0.25, 0.3) is 0 Å². The van der Waals surface area contributed by atoms with E-state index in [0.29, 0.717) is 42.6 Å². The van der Waals surface area contributed by atoms with Gasteiger partial charge in [-0.15, -0.1) is 12.4 Å². The van der Waals surface area contributed by atoms with Crippen LogP contribution in [0, 0.1) is 0 Å². The Labute approximate surface area is 130 Å². The van der Waals surface area contributed by atoms with Gasteiger partial charge in [-0.2, -0.15) is 0 Å². The molecule has 1 amide bonds. The third-order valence-corrected chi connectivity index (χ3v) is 2.67. The lowest BCUT2D eigenvalue weighted by Gasteiger charge is -2.13. The maximum atomic E-state index is 11.7. The average Bonchev–Trinajstić information content (AvgIpc) is 2.39. The van der Waals surface area contributed by atoms with Crippen molar-refractivity contribution in [3.8, 4) is 5.75 Å². The van der Waals surface area contributed by atoms with Crippen LogP contribution >= 0.6 is 24.0 Å². The first kappa shape index (κ1) is 19.0. The molecule has 0 aliphatic carbocycles. The standard InChI is InChI=1S/C13H19ClN2O3.ClH/c1-15-7-6-12(17)16-11-5-3-4-10(14)13(11)19-9-8-18-2;/h3-5,15H,6-9H2,1-2H3,(H,16,17);1H. The molecule has 1 aromatic rings. The summed E-state index contributed by atoms with van der Waals surface area (Å²) in [6.07, 6.45) is 0.389. The maximum Gasteiger partial charge on any atom is 0.225 e. The van der Waals surface area contributed by atoms with Crippen molar-refractivity contribution in [1.82, 2.24) is 5.32 Å². The highest BCUT2D eigenvalue weighted by molar-refractivity contribution is 6.32. The minimum Gasteiger partial charge on any atom is -0.487 e. The molecule has 0 saturated heterocycles. The summed E-state index contributed by atoms with van der Waals surface area (Å²) in [5.74, 6) is 0.382. The molecule has 0 atom stereocenters. The summed E-state index contributed by atoms with van der Waals surface area (Å²) < 4.78 is 10.4. The molecule has 0 saturated carbocycles. The molecule has 0 aliphatic rings. The van der Waals surface area contributed by atoms with Gasteiger partial charge in [0, 0.05) is 20.1 Å². The molecule has 0 fully saturated rings. The van der Waals surface area contributed by atoms with Gasteiger partial charge in [-0.1, -0.05) is 17.7 Å². The molecule has 1 rings (SSSR count). The Balaban J connectivity index is 0.00000361. The number of rotatable bonds is 8. The maximum absolute atomic E-state index is 11.7. The van der Waals surface area contributed by atoms with Crippen LogP contribution in [0.3, 0.4) is 0 Å². The predicted octanol–water partition coefficient (Wildman–Crippen LogP) is 2.34. The molecule has 0 radical (unpaired) electrons. The van der Waals surface area contributed by atoms with E-state index in [1.807, 2.05) is 0 Å². The third kappa shape index (κ3) is 6.43. The number of hydrogen-bond donors (Lipinski definition) is 2. The van der Waals surface area contributed by atoms with Crippen molar-refractivity contribution in [2.24, 2.45) is 0 Å². The molecule has 114 valence electrons. The number of benzene rings is 1. The normalized spacial score (nSPS) is 9.75. The molecule has 0 aromatic heterocycles. The average molecular weight is 323 g/mol. The Morgan fingerprint density at radius 1 is 1.35 bits per heavy atom. The molecule has 0 unspecified atom stereocenters. The Morgan fingerprint density at radius 3 is 2.75 bits per heavy atom. The molecule has 0 bridgehead atoms. The van der Waals surface area contributed by atoms with Crippen LogP contribution in [0.5, 0.6) is 5.75 Å². The van der Waals surface area contributed by atoms with E-state index in [1.165, 1.54) is 0 Å². The number of ether oxygens (including phenoxy) is 2. The summed E-state index contributed by atoms with van der Waals surface area (Å²) in [6, 6.07) is 5.23. The molecule has 0 heterocycles. The molecule has 2 N–H and O–H groups in total. The van der Waals surface area contributed by atoms with Crippen molar-refractivity contribution in [3.63, 3.8) is 0 Å². The van der Waals surface area contributed by atoms with Crippen LogP contribution in [-0.4, -0.2) is 39.8 Å². The number of para-hydroxylation sites is 1. The second-order valence-corrected chi connectivity index (χ2v) is 4.27. The quantitative estimate of drug-likeness (QED) is 0.721. The molecule has 7 heteroatoms. The van der Waals surface area contributed by atoms with Crippen molar-refractivity contribution in [2.75, 3.05) is 39.2 Å². The van der Waals surface area contributed by atoms with Gasteiger partial charge < -0.3 is 20.1 Å². The van der Waals surface area contributed by atoms with Crippen LogP contribution in [0.4, 0.5) is 5.69 Å². The van der Waals surface area contributed by atoms with Gasteiger partial charge in [-0.05, 0) is 19.2 Å².